The Balaban J connectivity index is -0.00000000667. The van der Waals surface area contributed by atoms with E-state index in [2.05, 4.69) is 6.92 Å². The maximum absolute atomic E-state index is 2.19. The van der Waals surface area contributed by atoms with Gasteiger partial charge in [0.1, 0.15) is 0 Å². The summed E-state index contributed by atoms with van der Waals surface area (Å²) in [5.74, 6) is 0. The van der Waals surface area contributed by atoms with Crippen LogP contribution in [-0.4, -0.2) is 16.4 Å². The van der Waals surface area contributed by atoms with Crippen molar-refractivity contribution in [1.29, 1.82) is 0 Å². The number of hydrogen-bond acceptors (Lipinski definition) is 3. The van der Waals surface area contributed by atoms with Crippen molar-refractivity contribution in [3.8, 4) is 0 Å². The third-order valence-corrected chi connectivity index (χ3v) is 0. The summed E-state index contributed by atoms with van der Waals surface area (Å²) < 4.78 is 1.39. The molecule has 0 aliphatic carbocycles. The molecule has 0 spiro atoms. The smallest absolute Gasteiger partial charge is 0.870 e. The standard InChI is InChI=1S/C2H5.Hf.3H2O/c1-2;;;;/h1H2,2H3;;3*1H2/q;+3;;;/p-3. The van der Waals surface area contributed by atoms with E-state index >= 15 is 0 Å². The Morgan fingerprint density at radius 2 is 1.17 bits per heavy atom. The monoisotopic (exact) mass is 260 g/mol. The van der Waals surface area contributed by atoms with Gasteiger partial charge in [-0.05, 0) is 0 Å². The van der Waals surface area contributed by atoms with Crippen molar-refractivity contribution in [3.63, 3.8) is 0 Å². The van der Waals surface area contributed by atoms with Crippen LogP contribution < -0.4 is 0 Å². The Labute approximate surface area is 52.2 Å². The molecule has 0 fully saturated rings. The van der Waals surface area contributed by atoms with E-state index < -0.39 is 0 Å². The molecule has 3 nitrogen and oxygen atoms in total. The van der Waals surface area contributed by atoms with Gasteiger partial charge in [-0.1, -0.05) is 0 Å². The first kappa shape index (κ1) is 29.5. The zero-order chi connectivity index (χ0) is 2.71. The molecular weight excluding hydrogens is 251 g/mol. The van der Waals surface area contributed by atoms with Crippen LogP contribution in [0, 0.1) is 0 Å². The van der Waals surface area contributed by atoms with Crippen molar-refractivity contribution in [3.05, 3.63) is 0 Å². The summed E-state index contributed by atoms with van der Waals surface area (Å²) in [6, 6.07) is 0. The normalized spacial score (nSPS) is 3.17. The summed E-state index contributed by atoms with van der Waals surface area (Å²) in [7, 11) is 0. The maximum Gasteiger partial charge on any atom is -0.870 e. The molecule has 38 valence electrons. The fraction of sp³-hybridized carbons (Fsp3) is 1.00. The molecule has 0 saturated heterocycles. The molecule has 3 N–H and O–H groups in total. The minimum Gasteiger partial charge on any atom is -0.870 e. The van der Waals surface area contributed by atoms with E-state index in [9.17, 15) is 0 Å². The van der Waals surface area contributed by atoms with Gasteiger partial charge in [0.05, 0.1) is 0 Å². The van der Waals surface area contributed by atoms with Gasteiger partial charge in [-0.2, -0.15) is 0 Å². The van der Waals surface area contributed by atoms with Gasteiger partial charge in [-0.15, -0.1) is 0 Å². The first-order valence-corrected chi connectivity index (χ1v) is 3.60. The number of hydrogen-bond donors (Lipinski definition) is 0. The second-order valence-electron chi connectivity index (χ2n) is 0.354. The maximum atomic E-state index is 2.19. The zero-order valence-electron chi connectivity index (χ0n) is 3.55. The Morgan fingerprint density at radius 3 is 1.17 bits per heavy atom. The molecule has 0 unspecified atom stereocenters. The topological polar surface area (TPSA) is 90.0 Å². The van der Waals surface area contributed by atoms with E-state index in [0.717, 1.165) is 0 Å². The molecule has 0 bridgehead atoms. The summed E-state index contributed by atoms with van der Waals surface area (Å²) in [6.45, 7) is 2.19. The van der Waals surface area contributed by atoms with Crippen molar-refractivity contribution in [2.75, 3.05) is 0 Å². The van der Waals surface area contributed by atoms with Crippen LogP contribution in [0.25, 0.3) is 0 Å². The van der Waals surface area contributed by atoms with Gasteiger partial charge in [0.2, 0.25) is 0 Å². The van der Waals surface area contributed by atoms with Crippen LogP contribution in [0.3, 0.4) is 0 Å². The van der Waals surface area contributed by atoms with Gasteiger partial charge in [0, 0.05) is 0 Å². The molecule has 0 aromatic heterocycles. The van der Waals surface area contributed by atoms with Crippen molar-refractivity contribution >= 4 is 0 Å². The van der Waals surface area contributed by atoms with Crippen LogP contribution in [0.15, 0.2) is 0 Å². The summed E-state index contributed by atoms with van der Waals surface area (Å²) in [4.78, 5) is 0. The van der Waals surface area contributed by atoms with Crippen LogP contribution in [-0.2, 0) is 24.4 Å². The summed E-state index contributed by atoms with van der Waals surface area (Å²) in [6.07, 6.45) is 0. The van der Waals surface area contributed by atoms with Crippen LogP contribution in [0.2, 0.25) is 4.18 Å². The molecule has 0 radical (unpaired) electrons. The van der Waals surface area contributed by atoms with Gasteiger partial charge in [0.15, 0.2) is 0 Å². The van der Waals surface area contributed by atoms with E-state index in [4.69, 9.17) is 0 Å². The average molecular weight is 259 g/mol. The van der Waals surface area contributed by atoms with E-state index in [-0.39, 0.29) is 16.4 Å². The quantitative estimate of drug-likeness (QED) is 0.590. The minimum absolute atomic E-state index is 0. The molecule has 0 aliphatic heterocycles. The van der Waals surface area contributed by atoms with E-state index in [1.54, 1.807) is 0 Å². The molecule has 0 aliphatic rings. The Kier molecular flexibility index (Phi) is 208. The third-order valence-electron chi connectivity index (χ3n) is 0. The first-order chi connectivity index (χ1) is 1.41. The van der Waals surface area contributed by atoms with Crippen LogP contribution in [0.1, 0.15) is 6.92 Å². The Bertz CT molecular complexity index is 8.75. The predicted octanol–water partition coefficient (Wildman–Crippen LogP) is 0.441. The molecule has 0 heterocycles. The summed E-state index contributed by atoms with van der Waals surface area (Å²) in [5.41, 5.74) is 0. The van der Waals surface area contributed by atoms with Gasteiger partial charge in [0.25, 0.3) is 0 Å². The van der Waals surface area contributed by atoms with Gasteiger partial charge >= 0.3 is 35.5 Å². The molecular formula is C2H8HfO3. The molecule has 0 atom stereocenters. The van der Waals surface area contributed by atoms with E-state index in [1.165, 1.54) is 28.6 Å². The zero-order valence-corrected chi connectivity index (χ0v) is 7.14. The van der Waals surface area contributed by atoms with Crippen molar-refractivity contribution in [2.24, 2.45) is 0 Å². The van der Waals surface area contributed by atoms with Crippen molar-refractivity contribution in [1.82, 2.24) is 0 Å². The number of rotatable bonds is 0. The summed E-state index contributed by atoms with van der Waals surface area (Å²) >= 11 is 1.37. The second kappa shape index (κ2) is 42.4. The minimum atomic E-state index is 0. The van der Waals surface area contributed by atoms with E-state index in [0.29, 0.717) is 0 Å². The fourth-order valence-electron chi connectivity index (χ4n) is 0. The van der Waals surface area contributed by atoms with Crippen LogP contribution in [0.4, 0.5) is 0 Å². The molecule has 0 amide bonds. The van der Waals surface area contributed by atoms with E-state index in [1.807, 2.05) is 0 Å². The molecule has 0 aromatic rings. The first-order valence-electron chi connectivity index (χ1n) is 1.06. The molecule has 4 heteroatoms. The van der Waals surface area contributed by atoms with Gasteiger partial charge < -0.3 is 16.4 Å². The van der Waals surface area contributed by atoms with Crippen LogP contribution >= 0.6 is 0 Å². The Morgan fingerprint density at radius 1 is 1.17 bits per heavy atom. The fourth-order valence-corrected chi connectivity index (χ4v) is 0. The molecule has 0 aromatic carbocycles. The SMILES string of the molecule is C[CH2][Hf+3].[OH-].[OH-].[OH-]. The average Bonchev–Trinajstić information content (AvgIpc) is 0.918. The second-order valence-corrected chi connectivity index (χ2v) is 2.89. The van der Waals surface area contributed by atoms with Crippen LogP contribution in [0.5, 0.6) is 0 Å². The third kappa shape index (κ3) is 119. The predicted molar refractivity (Wildman–Crippen MR) is 16.3 cm³/mol. The van der Waals surface area contributed by atoms with Crippen molar-refractivity contribution in [2.45, 2.75) is 11.1 Å². The summed E-state index contributed by atoms with van der Waals surface area (Å²) in [5, 5.41) is 0. The Hall–Kier alpha value is 0.750. The molecule has 6 heavy (non-hydrogen) atoms. The van der Waals surface area contributed by atoms with Gasteiger partial charge in [-0.3, -0.25) is 0 Å². The van der Waals surface area contributed by atoms with Gasteiger partial charge in [-0.25, -0.2) is 0 Å². The largest absolute Gasteiger partial charge is 0.870 e. The molecule has 0 rings (SSSR count). The molecule has 0 saturated carbocycles. The van der Waals surface area contributed by atoms with Crippen molar-refractivity contribution < 1.29 is 40.8 Å².